The van der Waals surface area contributed by atoms with Crippen LogP contribution in [0.2, 0.25) is 5.02 Å². The maximum atomic E-state index is 6.00. The summed E-state index contributed by atoms with van der Waals surface area (Å²) in [6.07, 6.45) is 1.89. The van der Waals surface area contributed by atoms with Crippen LogP contribution in [0.1, 0.15) is 22.3 Å². The van der Waals surface area contributed by atoms with Crippen molar-refractivity contribution in [1.82, 2.24) is 9.91 Å². The van der Waals surface area contributed by atoms with E-state index in [-0.39, 0.29) is 0 Å². The Morgan fingerprint density at radius 1 is 1.04 bits per heavy atom. The van der Waals surface area contributed by atoms with Crippen molar-refractivity contribution in [1.29, 1.82) is 0 Å². The highest BCUT2D eigenvalue weighted by Gasteiger charge is 2.16. The average molecular weight is 342 g/mol. The molecule has 1 saturated heterocycles. The number of nitrogens with zero attached hydrogens (tertiary/aromatic N) is 3. The van der Waals surface area contributed by atoms with Gasteiger partial charge < -0.3 is 0 Å². The zero-order chi connectivity index (χ0) is 16.9. The fourth-order valence-electron chi connectivity index (χ4n) is 3.01. The number of piperazine rings is 1. The normalized spacial score (nSPS) is 16.0. The van der Waals surface area contributed by atoms with Crippen LogP contribution in [0.25, 0.3) is 0 Å². The Kier molecular flexibility index (Phi) is 5.54. The van der Waals surface area contributed by atoms with Gasteiger partial charge in [0, 0.05) is 37.7 Å². The predicted octanol–water partition coefficient (Wildman–Crippen LogP) is 4.11. The van der Waals surface area contributed by atoms with Crippen LogP contribution in [-0.2, 0) is 6.54 Å². The number of benzene rings is 2. The smallest absolute Gasteiger partial charge is 0.0543 e. The van der Waals surface area contributed by atoms with E-state index in [1.165, 1.54) is 16.7 Å². The summed E-state index contributed by atoms with van der Waals surface area (Å²) in [5.41, 5.74) is 5.18. The molecule has 1 fully saturated rings. The first-order valence-electron chi connectivity index (χ1n) is 8.43. The fraction of sp³-hybridized carbons (Fsp3) is 0.350. The Labute approximate surface area is 149 Å². The molecule has 0 amide bonds. The van der Waals surface area contributed by atoms with Gasteiger partial charge in [0.05, 0.1) is 6.21 Å². The van der Waals surface area contributed by atoms with Gasteiger partial charge in [-0.05, 0) is 42.7 Å². The van der Waals surface area contributed by atoms with Crippen LogP contribution < -0.4 is 0 Å². The number of rotatable bonds is 4. The molecule has 0 aromatic heterocycles. The first-order valence-corrected chi connectivity index (χ1v) is 8.81. The van der Waals surface area contributed by atoms with Gasteiger partial charge in [0.15, 0.2) is 0 Å². The maximum Gasteiger partial charge on any atom is 0.0543 e. The minimum atomic E-state index is 0.747. The second-order valence-corrected chi connectivity index (χ2v) is 6.90. The largest absolute Gasteiger partial charge is 0.295 e. The van der Waals surface area contributed by atoms with Crippen LogP contribution >= 0.6 is 11.6 Å². The lowest BCUT2D eigenvalue weighted by Gasteiger charge is -2.33. The molecule has 3 nitrogen and oxygen atoms in total. The van der Waals surface area contributed by atoms with Crippen LogP contribution in [-0.4, -0.2) is 42.3 Å². The lowest BCUT2D eigenvalue weighted by Crippen LogP contribution is -2.43. The quantitative estimate of drug-likeness (QED) is 0.779. The van der Waals surface area contributed by atoms with Crippen LogP contribution in [0.5, 0.6) is 0 Å². The SMILES string of the molecule is Cc1ccc(CN2CCN(N=Cc3cccc(Cl)c3)CC2)c(C)c1. The number of aryl methyl sites for hydroxylation is 2. The van der Waals surface area contributed by atoms with Crippen molar-refractivity contribution >= 4 is 17.8 Å². The molecule has 0 N–H and O–H groups in total. The van der Waals surface area contributed by atoms with E-state index in [1.54, 1.807) is 0 Å². The van der Waals surface area contributed by atoms with Crippen molar-refractivity contribution < 1.29 is 0 Å². The average Bonchev–Trinajstić information content (AvgIpc) is 2.57. The van der Waals surface area contributed by atoms with Gasteiger partial charge in [-0.15, -0.1) is 0 Å². The lowest BCUT2D eigenvalue weighted by atomic mass is 10.1. The van der Waals surface area contributed by atoms with Gasteiger partial charge in [0.25, 0.3) is 0 Å². The minimum Gasteiger partial charge on any atom is -0.295 e. The van der Waals surface area contributed by atoms with E-state index in [0.29, 0.717) is 0 Å². The van der Waals surface area contributed by atoms with Crippen molar-refractivity contribution in [2.75, 3.05) is 26.2 Å². The Hall–Kier alpha value is -1.84. The molecule has 1 aliphatic rings. The highest BCUT2D eigenvalue weighted by molar-refractivity contribution is 6.30. The maximum absolute atomic E-state index is 6.00. The van der Waals surface area contributed by atoms with Crippen LogP contribution in [0.3, 0.4) is 0 Å². The van der Waals surface area contributed by atoms with Gasteiger partial charge in [-0.2, -0.15) is 5.10 Å². The Bertz CT molecular complexity index is 719. The number of halogens is 1. The highest BCUT2D eigenvalue weighted by Crippen LogP contribution is 2.15. The van der Waals surface area contributed by atoms with E-state index in [0.717, 1.165) is 43.3 Å². The van der Waals surface area contributed by atoms with Crippen molar-refractivity contribution in [3.63, 3.8) is 0 Å². The molecule has 0 atom stereocenters. The minimum absolute atomic E-state index is 0.747. The zero-order valence-corrected chi connectivity index (χ0v) is 15.1. The molecular formula is C20H24ClN3. The van der Waals surface area contributed by atoms with Gasteiger partial charge in [-0.3, -0.25) is 9.91 Å². The molecule has 2 aromatic rings. The monoisotopic (exact) mass is 341 g/mol. The summed E-state index contributed by atoms with van der Waals surface area (Å²) in [5.74, 6) is 0. The van der Waals surface area contributed by atoms with Gasteiger partial charge in [0.2, 0.25) is 0 Å². The lowest BCUT2D eigenvalue weighted by molar-refractivity contribution is 0.131. The Balaban J connectivity index is 1.52. The summed E-state index contributed by atoms with van der Waals surface area (Å²) >= 11 is 6.00. The Morgan fingerprint density at radius 3 is 2.54 bits per heavy atom. The molecule has 2 aromatic carbocycles. The standard InChI is InChI=1S/C20H24ClN3/c1-16-6-7-19(17(2)12-16)15-23-8-10-24(11-9-23)22-14-18-4-3-5-20(21)13-18/h3-7,12-14H,8-11,15H2,1-2H3. The van der Waals surface area contributed by atoms with E-state index >= 15 is 0 Å². The molecule has 3 rings (SSSR count). The molecule has 0 radical (unpaired) electrons. The van der Waals surface area contributed by atoms with Gasteiger partial charge >= 0.3 is 0 Å². The third-order valence-electron chi connectivity index (χ3n) is 4.46. The summed E-state index contributed by atoms with van der Waals surface area (Å²) < 4.78 is 0. The molecule has 0 aliphatic carbocycles. The molecule has 1 heterocycles. The number of hydrazone groups is 1. The van der Waals surface area contributed by atoms with Crippen LogP contribution in [0.15, 0.2) is 47.6 Å². The van der Waals surface area contributed by atoms with E-state index in [1.807, 2.05) is 30.5 Å². The van der Waals surface area contributed by atoms with Crippen molar-refractivity contribution in [2.24, 2.45) is 5.10 Å². The van der Waals surface area contributed by atoms with Crippen LogP contribution in [0.4, 0.5) is 0 Å². The zero-order valence-electron chi connectivity index (χ0n) is 14.4. The summed E-state index contributed by atoms with van der Waals surface area (Å²) in [6, 6.07) is 14.5. The summed E-state index contributed by atoms with van der Waals surface area (Å²) in [4.78, 5) is 2.50. The fourth-order valence-corrected chi connectivity index (χ4v) is 3.21. The molecule has 4 heteroatoms. The highest BCUT2D eigenvalue weighted by atomic mass is 35.5. The summed E-state index contributed by atoms with van der Waals surface area (Å²) in [5, 5.41) is 7.47. The van der Waals surface area contributed by atoms with Gasteiger partial charge in [-0.25, -0.2) is 0 Å². The van der Waals surface area contributed by atoms with Crippen molar-refractivity contribution in [3.8, 4) is 0 Å². The van der Waals surface area contributed by atoms with Crippen molar-refractivity contribution in [2.45, 2.75) is 20.4 Å². The molecule has 126 valence electrons. The second-order valence-electron chi connectivity index (χ2n) is 6.46. The first kappa shape index (κ1) is 17.0. The number of hydrogen-bond donors (Lipinski definition) is 0. The molecule has 0 bridgehead atoms. The molecule has 0 unspecified atom stereocenters. The molecule has 1 aliphatic heterocycles. The summed E-state index contributed by atoms with van der Waals surface area (Å²) in [6.45, 7) is 9.38. The summed E-state index contributed by atoms with van der Waals surface area (Å²) in [7, 11) is 0. The topological polar surface area (TPSA) is 18.8 Å². The molecule has 24 heavy (non-hydrogen) atoms. The Morgan fingerprint density at radius 2 is 1.83 bits per heavy atom. The van der Waals surface area contributed by atoms with E-state index < -0.39 is 0 Å². The first-order chi connectivity index (χ1) is 11.6. The molecule has 0 saturated carbocycles. The van der Waals surface area contributed by atoms with Gasteiger partial charge in [-0.1, -0.05) is 47.5 Å². The van der Waals surface area contributed by atoms with Gasteiger partial charge in [0.1, 0.15) is 0 Å². The molecule has 0 spiro atoms. The number of hydrogen-bond acceptors (Lipinski definition) is 3. The van der Waals surface area contributed by atoms with E-state index in [2.05, 4.69) is 47.1 Å². The third kappa shape index (κ3) is 4.59. The van der Waals surface area contributed by atoms with E-state index in [9.17, 15) is 0 Å². The van der Waals surface area contributed by atoms with E-state index in [4.69, 9.17) is 11.6 Å². The third-order valence-corrected chi connectivity index (χ3v) is 4.69. The van der Waals surface area contributed by atoms with Crippen molar-refractivity contribution in [3.05, 3.63) is 69.7 Å². The molecular weight excluding hydrogens is 318 g/mol. The van der Waals surface area contributed by atoms with Crippen LogP contribution in [0, 0.1) is 13.8 Å². The second kappa shape index (κ2) is 7.82. The predicted molar refractivity (Wildman–Crippen MR) is 102 cm³/mol.